The summed E-state index contributed by atoms with van der Waals surface area (Å²) in [4.78, 5) is 15.4. The first-order chi connectivity index (χ1) is 18.9. The standard InChI is InChI=1S/C30H31F3N2O4S/c1-20-5-9-22(30(31,32)33)17-27(20)39-23-10-13-26-25(18-23)29(15-3-4-16-29)19-35(26)28(36)14-8-21-6-11-24(12-7-21)40(37,38)34-2/h5-7,9-13,17-18,34H,3-4,8,14-16,19H2,1-2H3. The summed E-state index contributed by atoms with van der Waals surface area (Å²) in [6.07, 6.45) is 0.199. The second-order valence-electron chi connectivity index (χ2n) is 10.6. The Kier molecular flexibility index (Phi) is 7.43. The topological polar surface area (TPSA) is 75.7 Å². The van der Waals surface area contributed by atoms with Crippen LogP contribution in [-0.4, -0.2) is 27.9 Å². The Morgan fingerprint density at radius 3 is 2.38 bits per heavy atom. The molecule has 1 saturated carbocycles. The predicted molar refractivity (Wildman–Crippen MR) is 146 cm³/mol. The van der Waals surface area contributed by atoms with Gasteiger partial charge in [-0.1, -0.05) is 31.0 Å². The van der Waals surface area contributed by atoms with Crippen LogP contribution in [0.4, 0.5) is 18.9 Å². The number of amides is 1. The molecule has 5 rings (SSSR count). The first-order valence-electron chi connectivity index (χ1n) is 13.2. The summed E-state index contributed by atoms with van der Waals surface area (Å²) in [6, 6.07) is 15.4. The molecule has 3 aromatic rings. The monoisotopic (exact) mass is 572 g/mol. The molecular weight excluding hydrogens is 541 g/mol. The van der Waals surface area contributed by atoms with E-state index in [1.165, 1.54) is 25.2 Å². The zero-order chi connectivity index (χ0) is 28.7. The number of alkyl halides is 3. The van der Waals surface area contributed by atoms with Gasteiger partial charge >= 0.3 is 6.18 Å². The summed E-state index contributed by atoms with van der Waals surface area (Å²) in [6.45, 7) is 2.27. The number of carbonyl (C=O) groups excluding carboxylic acids is 1. The van der Waals surface area contributed by atoms with Crippen molar-refractivity contribution in [3.63, 3.8) is 0 Å². The lowest BCUT2D eigenvalue weighted by atomic mass is 9.81. The lowest BCUT2D eigenvalue weighted by molar-refractivity contribution is -0.137. The second kappa shape index (κ2) is 10.6. The van der Waals surface area contributed by atoms with Gasteiger partial charge in [-0.3, -0.25) is 4.79 Å². The van der Waals surface area contributed by atoms with Crippen molar-refractivity contribution in [1.29, 1.82) is 0 Å². The van der Waals surface area contributed by atoms with E-state index < -0.39 is 21.8 Å². The maximum atomic E-state index is 13.4. The van der Waals surface area contributed by atoms with Crippen molar-refractivity contribution >= 4 is 21.6 Å². The first-order valence-corrected chi connectivity index (χ1v) is 14.7. The molecule has 0 saturated heterocycles. The number of nitrogens with zero attached hydrogens (tertiary/aromatic N) is 1. The van der Waals surface area contributed by atoms with Crippen molar-refractivity contribution in [2.24, 2.45) is 0 Å². The van der Waals surface area contributed by atoms with Gasteiger partial charge in [-0.05, 0) is 92.4 Å². The van der Waals surface area contributed by atoms with Gasteiger partial charge in [-0.25, -0.2) is 13.1 Å². The fourth-order valence-electron chi connectivity index (χ4n) is 5.77. The molecule has 10 heteroatoms. The van der Waals surface area contributed by atoms with Gasteiger partial charge < -0.3 is 9.64 Å². The highest BCUT2D eigenvalue weighted by Crippen LogP contribution is 2.52. The number of benzene rings is 3. The van der Waals surface area contributed by atoms with Crippen molar-refractivity contribution in [2.75, 3.05) is 18.5 Å². The van der Waals surface area contributed by atoms with Crippen LogP contribution in [0.3, 0.4) is 0 Å². The molecule has 0 atom stereocenters. The molecule has 1 amide bonds. The minimum absolute atomic E-state index is 0.0284. The second-order valence-corrected chi connectivity index (χ2v) is 12.5. The number of anilines is 1. The number of hydrogen-bond donors (Lipinski definition) is 1. The Bertz CT molecular complexity index is 1530. The molecule has 1 aliphatic carbocycles. The Hall–Kier alpha value is -3.37. The van der Waals surface area contributed by atoms with Crippen LogP contribution in [0.15, 0.2) is 65.6 Å². The highest BCUT2D eigenvalue weighted by molar-refractivity contribution is 7.89. The summed E-state index contributed by atoms with van der Waals surface area (Å²) in [5, 5.41) is 0. The van der Waals surface area contributed by atoms with Gasteiger partial charge in [-0.2, -0.15) is 13.2 Å². The van der Waals surface area contributed by atoms with E-state index in [1.54, 1.807) is 25.1 Å². The van der Waals surface area contributed by atoms with E-state index in [9.17, 15) is 26.4 Å². The molecule has 1 fully saturated rings. The molecule has 1 aliphatic heterocycles. The van der Waals surface area contributed by atoms with Gasteiger partial charge in [0.05, 0.1) is 10.5 Å². The quantitative estimate of drug-likeness (QED) is 0.351. The van der Waals surface area contributed by atoms with E-state index in [1.807, 2.05) is 17.0 Å². The Morgan fingerprint density at radius 1 is 1.02 bits per heavy atom. The third-order valence-corrected chi connectivity index (χ3v) is 9.46. The van der Waals surface area contributed by atoms with Gasteiger partial charge in [0.2, 0.25) is 15.9 Å². The molecule has 0 bridgehead atoms. The molecule has 3 aromatic carbocycles. The molecule has 1 spiro atoms. The fraction of sp³-hybridized carbons (Fsp3) is 0.367. The fourth-order valence-corrected chi connectivity index (χ4v) is 6.50. The lowest BCUT2D eigenvalue weighted by Gasteiger charge is -2.25. The maximum absolute atomic E-state index is 13.4. The number of sulfonamides is 1. The summed E-state index contributed by atoms with van der Waals surface area (Å²) in [7, 11) is -2.17. The highest BCUT2D eigenvalue weighted by atomic mass is 32.2. The molecule has 1 heterocycles. The number of aryl methyl sites for hydroxylation is 2. The van der Waals surface area contributed by atoms with E-state index in [4.69, 9.17) is 4.74 Å². The molecule has 6 nitrogen and oxygen atoms in total. The molecule has 0 aromatic heterocycles. The van der Waals surface area contributed by atoms with E-state index in [2.05, 4.69) is 4.72 Å². The molecule has 2 aliphatic rings. The number of hydrogen-bond acceptors (Lipinski definition) is 4. The zero-order valence-electron chi connectivity index (χ0n) is 22.3. The van der Waals surface area contributed by atoms with Gasteiger partial charge in [0.25, 0.3) is 0 Å². The van der Waals surface area contributed by atoms with Crippen molar-refractivity contribution in [3.05, 3.63) is 82.9 Å². The van der Waals surface area contributed by atoms with Gasteiger partial charge in [0, 0.05) is 24.1 Å². The van der Waals surface area contributed by atoms with Gasteiger partial charge in [0.15, 0.2) is 0 Å². The van der Waals surface area contributed by atoms with E-state index in [0.717, 1.165) is 54.6 Å². The number of rotatable bonds is 7. The average Bonchev–Trinajstić information content (AvgIpc) is 3.53. The molecule has 1 N–H and O–H groups in total. The lowest BCUT2D eigenvalue weighted by Crippen LogP contribution is -2.35. The van der Waals surface area contributed by atoms with Crippen molar-refractivity contribution in [2.45, 2.75) is 61.9 Å². The first kappa shape index (κ1) is 28.2. The number of nitrogens with one attached hydrogen (secondary N) is 1. The smallest absolute Gasteiger partial charge is 0.416 e. The van der Waals surface area contributed by atoms with Crippen molar-refractivity contribution in [3.8, 4) is 11.5 Å². The van der Waals surface area contributed by atoms with Crippen molar-refractivity contribution in [1.82, 2.24) is 4.72 Å². The minimum Gasteiger partial charge on any atom is -0.457 e. The van der Waals surface area contributed by atoms with Gasteiger partial charge in [-0.15, -0.1) is 0 Å². The van der Waals surface area contributed by atoms with E-state index in [0.29, 0.717) is 24.3 Å². The molecule has 40 heavy (non-hydrogen) atoms. The van der Waals surface area contributed by atoms with Crippen LogP contribution in [0.25, 0.3) is 0 Å². The van der Waals surface area contributed by atoms with Crippen LogP contribution in [0.2, 0.25) is 0 Å². The number of carbonyl (C=O) groups is 1. The van der Waals surface area contributed by atoms with Gasteiger partial charge in [0.1, 0.15) is 11.5 Å². The van der Waals surface area contributed by atoms with E-state index >= 15 is 0 Å². The average molecular weight is 573 g/mol. The molecule has 212 valence electrons. The summed E-state index contributed by atoms with van der Waals surface area (Å²) >= 11 is 0. The van der Waals surface area contributed by atoms with Crippen LogP contribution in [0, 0.1) is 6.92 Å². The molecule has 0 unspecified atom stereocenters. The minimum atomic E-state index is -4.47. The SMILES string of the molecule is CNS(=O)(=O)c1ccc(CCC(=O)N2CC3(CCCC3)c3cc(Oc4cc(C(F)(F)F)ccc4C)ccc32)cc1. The van der Waals surface area contributed by atoms with Crippen LogP contribution in [0.1, 0.15) is 54.4 Å². The number of fused-ring (bicyclic) bond motifs is 2. The number of halogens is 3. The summed E-state index contributed by atoms with van der Waals surface area (Å²) in [5.41, 5.74) is 2.31. The Morgan fingerprint density at radius 2 is 1.73 bits per heavy atom. The summed E-state index contributed by atoms with van der Waals surface area (Å²) in [5.74, 6) is 0.562. The van der Waals surface area contributed by atoms with Crippen LogP contribution >= 0.6 is 0 Å². The maximum Gasteiger partial charge on any atom is 0.416 e. The normalized spacial score (nSPS) is 16.4. The predicted octanol–water partition coefficient (Wildman–Crippen LogP) is 6.51. The Labute approximate surface area is 232 Å². The van der Waals surface area contributed by atoms with Crippen LogP contribution < -0.4 is 14.4 Å². The third-order valence-electron chi connectivity index (χ3n) is 8.03. The van der Waals surface area contributed by atoms with Crippen LogP contribution in [0.5, 0.6) is 11.5 Å². The van der Waals surface area contributed by atoms with E-state index in [-0.39, 0.29) is 28.4 Å². The third kappa shape index (κ3) is 5.47. The largest absolute Gasteiger partial charge is 0.457 e. The van der Waals surface area contributed by atoms with Crippen molar-refractivity contribution < 1.29 is 31.1 Å². The zero-order valence-corrected chi connectivity index (χ0v) is 23.2. The molecule has 0 radical (unpaired) electrons. The summed E-state index contributed by atoms with van der Waals surface area (Å²) < 4.78 is 72.0. The Balaban J connectivity index is 1.36. The molecular formula is C30H31F3N2O4S. The highest BCUT2D eigenvalue weighted by Gasteiger charge is 2.46. The number of ether oxygens (including phenoxy) is 1. The van der Waals surface area contributed by atoms with Crippen LogP contribution in [-0.2, 0) is 32.8 Å².